The van der Waals surface area contributed by atoms with Crippen LogP contribution in [-0.4, -0.2) is 33.3 Å². The molecule has 0 aliphatic rings. The van der Waals surface area contributed by atoms with E-state index in [1.165, 1.54) is 5.56 Å². The van der Waals surface area contributed by atoms with Gasteiger partial charge in [0.2, 0.25) is 0 Å². The van der Waals surface area contributed by atoms with Crippen LogP contribution < -0.4 is 20.5 Å². The molecule has 5 nitrogen and oxygen atoms in total. The van der Waals surface area contributed by atoms with Crippen molar-refractivity contribution in [3.05, 3.63) is 23.8 Å². The van der Waals surface area contributed by atoms with Crippen LogP contribution in [-0.2, 0) is 6.42 Å². The largest absolute Gasteiger partial charge is 0.493 e. The number of nitrogens with zero attached hydrogens (tertiary/aromatic N) is 1. The van der Waals surface area contributed by atoms with Gasteiger partial charge in [0.1, 0.15) is 0 Å². The second kappa shape index (κ2) is 12.4. The summed E-state index contributed by atoms with van der Waals surface area (Å²) in [6.45, 7) is 3.76. The molecule has 1 aromatic rings. The van der Waals surface area contributed by atoms with Crippen molar-refractivity contribution < 1.29 is 9.47 Å². The summed E-state index contributed by atoms with van der Waals surface area (Å²) in [6.07, 6.45) is 4.15. The fraction of sp³-hybridized carbons (Fsp3) is 0.562. The van der Waals surface area contributed by atoms with Gasteiger partial charge in [-0.3, -0.25) is 4.99 Å². The number of nitrogens with two attached hydrogens (primary N) is 1. The number of ether oxygens (including phenoxy) is 2. The highest BCUT2D eigenvalue weighted by atomic mass is 127. The van der Waals surface area contributed by atoms with Crippen LogP contribution in [0.5, 0.6) is 11.5 Å². The van der Waals surface area contributed by atoms with Crippen molar-refractivity contribution in [1.82, 2.24) is 5.32 Å². The molecule has 126 valence electrons. The van der Waals surface area contributed by atoms with E-state index in [4.69, 9.17) is 15.2 Å². The summed E-state index contributed by atoms with van der Waals surface area (Å²) in [7, 11) is 3.29. The van der Waals surface area contributed by atoms with Gasteiger partial charge in [0.15, 0.2) is 17.5 Å². The summed E-state index contributed by atoms with van der Waals surface area (Å²) < 4.78 is 10.5. The van der Waals surface area contributed by atoms with Crippen LogP contribution in [0.2, 0.25) is 0 Å². The maximum absolute atomic E-state index is 5.78. The Balaban J connectivity index is 0.00000441. The van der Waals surface area contributed by atoms with E-state index >= 15 is 0 Å². The average molecular weight is 421 g/mol. The van der Waals surface area contributed by atoms with Crippen LogP contribution in [0.1, 0.15) is 31.7 Å². The number of benzene rings is 1. The molecule has 0 aliphatic heterocycles. The highest BCUT2D eigenvalue weighted by molar-refractivity contribution is 14.0. The minimum atomic E-state index is 0. The molecule has 0 amide bonds. The minimum Gasteiger partial charge on any atom is -0.493 e. The topological polar surface area (TPSA) is 68.9 Å². The van der Waals surface area contributed by atoms with E-state index in [9.17, 15) is 0 Å². The molecule has 0 radical (unpaired) electrons. The molecule has 0 fully saturated rings. The van der Waals surface area contributed by atoms with Crippen molar-refractivity contribution in [3.63, 3.8) is 0 Å². The zero-order chi connectivity index (χ0) is 15.5. The van der Waals surface area contributed by atoms with Crippen molar-refractivity contribution in [3.8, 4) is 11.5 Å². The molecule has 0 unspecified atom stereocenters. The molecule has 0 saturated heterocycles. The van der Waals surface area contributed by atoms with Crippen LogP contribution in [0.3, 0.4) is 0 Å². The van der Waals surface area contributed by atoms with Crippen molar-refractivity contribution in [2.75, 3.05) is 27.3 Å². The standard InChI is InChI=1S/C16H27N3O2.HI/c1-4-5-10-18-16(17)19-11-6-7-13-8-9-14(20-2)15(12-13)21-3;/h8-9,12H,4-7,10-11H2,1-3H3,(H3,17,18,19);1H. The summed E-state index contributed by atoms with van der Waals surface area (Å²) in [5, 5.41) is 3.11. The molecule has 1 aromatic carbocycles. The third-order valence-electron chi connectivity index (χ3n) is 3.19. The molecule has 6 heteroatoms. The molecule has 22 heavy (non-hydrogen) atoms. The van der Waals surface area contributed by atoms with Gasteiger partial charge in [-0.15, -0.1) is 24.0 Å². The van der Waals surface area contributed by atoms with Crippen LogP contribution in [0.15, 0.2) is 23.2 Å². The third-order valence-corrected chi connectivity index (χ3v) is 3.19. The number of guanidine groups is 1. The van der Waals surface area contributed by atoms with Crippen molar-refractivity contribution >= 4 is 29.9 Å². The normalized spacial score (nSPS) is 10.8. The predicted molar refractivity (Wildman–Crippen MR) is 103 cm³/mol. The number of halogens is 1. The van der Waals surface area contributed by atoms with E-state index in [1.807, 2.05) is 18.2 Å². The fourth-order valence-corrected chi connectivity index (χ4v) is 1.97. The Hall–Kier alpha value is -1.18. The second-order valence-corrected chi connectivity index (χ2v) is 4.84. The van der Waals surface area contributed by atoms with E-state index in [-0.39, 0.29) is 24.0 Å². The third kappa shape index (κ3) is 7.72. The molecular weight excluding hydrogens is 393 g/mol. The lowest BCUT2D eigenvalue weighted by Gasteiger charge is -2.09. The summed E-state index contributed by atoms with van der Waals surface area (Å²) in [4.78, 5) is 4.31. The van der Waals surface area contributed by atoms with Gasteiger partial charge in [-0.25, -0.2) is 0 Å². The molecule has 1 rings (SSSR count). The van der Waals surface area contributed by atoms with Gasteiger partial charge in [0, 0.05) is 13.1 Å². The highest BCUT2D eigenvalue weighted by Crippen LogP contribution is 2.27. The smallest absolute Gasteiger partial charge is 0.188 e. The van der Waals surface area contributed by atoms with Crippen molar-refractivity contribution in [2.24, 2.45) is 10.7 Å². The number of aliphatic imine (C=N–C) groups is 1. The van der Waals surface area contributed by atoms with E-state index in [2.05, 4.69) is 17.2 Å². The molecule has 0 heterocycles. The van der Waals surface area contributed by atoms with Gasteiger partial charge in [0.05, 0.1) is 14.2 Å². The van der Waals surface area contributed by atoms with Crippen LogP contribution in [0, 0.1) is 0 Å². The molecule has 0 saturated carbocycles. The first-order valence-electron chi connectivity index (χ1n) is 7.46. The number of hydrogen-bond acceptors (Lipinski definition) is 3. The van der Waals surface area contributed by atoms with Gasteiger partial charge >= 0.3 is 0 Å². The maximum atomic E-state index is 5.78. The average Bonchev–Trinajstić information content (AvgIpc) is 2.51. The second-order valence-electron chi connectivity index (χ2n) is 4.84. The Morgan fingerprint density at radius 2 is 1.91 bits per heavy atom. The van der Waals surface area contributed by atoms with E-state index < -0.39 is 0 Å². The predicted octanol–water partition coefficient (Wildman–Crippen LogP) is 2.96. The van der Waals surface area contributed by atoms with E-state index in [0.717, 1.165) is 50.3 Å². The van der Waals surface area contributed by atoms with Gasteiger partial charge in [-0.05, 0) is 37.0 Å². The Kier molecular flexibility index (Phi) is 11.7. The Labute approximate surface area is 150 Å². The van der Waals surface area contributed by atoms with Crippen molar-refractivity contribution in [1.29, 1.82) is 0 Å². The van der Waals surface area contributed by atoms with Crippen LogP contribution in [0.25, 0.3) is 0 Å². The summed E-state index contributed by atoms with van der Waals surface area (Å²) >= 11 is 0. The SMILES string of the molecule is CCCCNC(N)=NCCCc1ccc(OC)c(OC)c1.I. The first-order valence-corrected chi connectivity index (χ1v) is 7.46. The monoisotopic (exact) mass is 421 g/mol. The van der Waals surface area contributed by atoms with Gasteiger partial charge in [0.25, 0.3) is 0 Å². The zero-order valence-electron chi connectivity index (χ0n) is 13.7. The molecule has 0 atom stereocenters. The number of unbranched alkanes of at least 4 members (excludes halogenated alkanes) is 1. The summed E-state index contributed by atoms with van der Waals surface area (Å²) in [5.74, 6) is 2.05. The van der Waals surface area contributed by atoms with E-state index in [1.54, 1.807) is 14.2 Å². The lowest BCUT2D eigenvalue weighted by atomic mass is 10.1. The Morgan fingerprint density at radius 1 is 1.18 bits per heavy atom. The minimum absolute atomic E-state index is 0. The number of nitrogens with one attached hydrogen (secondary N) is 1. The fourth-order valence-electron chi connectivity index (χ4n) is 1.97. The van der Waals surface area contributed by atoms with Crippen LogP contribution >= 0.6 is 24.0 Å². The van der Waals surface area contributed by atoms with Crippen molar-refractivity contribution in [2.45, 2.75) is 32.6 Å². The molecule has 0 spiro atoms. The quantitative estimate of drug-likeness (QED) is 0.279. The zero-order valence-corrected chi connectivity index (χ0v) is 16.1. The molecule has 0 bridgehead atoms. The molecule has 0 aromatic heterocycles. The highest BCUT2D eigenvalue weighted by Gasteiger charge is 2.04. The number of hydrogen-bond donors (Lipinski definition) is 2. The van der Waals surface area contributed by atoms with Gasteiger partial charge in [-0.2, -0.15) is 0 Å². The number of methoxy groups -OCH3 is 2. The Bertz CT molecular complexity index is 453. The first-order chi connectivity index (χ1) is 10.2. The first kappa shape index (κ1) is 20.8. The molecule has 0 aliphatic carbocycles. The molecular formula is C16H28IN3O2. The lowest BCUT2D eigenvalue weighted by Crippen LogP contribution is -2.32. The van der Waals surface area contributed by atoms with E-state index in [0.29, 0.717) is 5.96 Å². The van der Waals surface area contributed by atoms with Gasteiger partial charge < -0.3 is 20.5 Å². The van der Waals surface area contributed by atoms with Crippen LogP contribution in [0.4, 0.5) is 0 Å². The van der Waals surface area contributed by atoms with Gasteiger partial charge in [-0.1, -0.05) is 19.4 Å². The molecule has 3 N–H and O–H groups in total. The maximum Gasteiger partial charge on any atom is 0.188 e. The lowest BCUT2D eigenvalue weighted by molar-refractivity contribution is 0.354. The summed E-state index contributed by atoms with van der Waals surface area (Å²) in [6, 6.07) is 5.98. The number of rotatable bonds is 9. The Morgan fingerprint density at radius 3 is 2.55 bits per heavy atom. The number of aryl methyl sites for hydroxylation is 1. The summed E-state index contributed by atoms with van der Waals surface area (Å²) in [5.41, 5.74) is 6.99.